The summed E-state index contributed by atoms with van der Waals surface area (Å²) in [6.45, 7) is 2.15. The minimum atomic E-state index is -0.741. The van der Waals surface area contributed by atoms with Crippen LogP contribution in [0.2, 0.25) is 0 Å². The van der Waals surface area contributed by atoms with Crippen molar-refractivity contribution in [3.63, 3.8) is 0 Å². The maximum atomic E-state index is 10.3. The first-order valence-corrected chi connectivity index (χ1v) is 8.89. The lowest BCUT2D eigenvalue weighted by Crippen LogP contribution is -1.91. The number of carbonyl (C=O) groups is 1. The molecule has 0 aliphatic heterocycles. The number of aliphatic carboxylic acids is 1. The smallest absolute Gasteiger partial charge is 0.303 e. The van der Waals surface area contributed by atoms with E-state index in [1.165, 1.54) is 0 Å². The summed E-state index contributed by atoms with van der Waals surface area (Å²) < 4.78 is 0. The van der Waals surface area contributed by atoms with Crippen LogP contribution in [0.5, 0.6) is 0 Å². The molecule has 0 saturated heterocycles. The van der Waals surface area contributed by atoms with Crippen LogP contribution in [-0.4, -0.2) is 11.1 Å². The molecule has 0 aromatic rings. The molecule has 1 N–H and O–H groups in total. The molecule has 0 radical (unpaired) electrons. The highest BCUT2D eigenvalue weighted by atomic mass is 16.4. The van der Waals surface area contributed by atoms with Crippen molar-refractivity contribution in [2.24, 2.45) is 0 Å². The Morgan fingerprint density at radius 1 is 0.625 bits per heavy atom. The van der Waals surface area contributed by atoms with Crippen LogP contribution in [0.1, 0.15) is 58.3 Å². The zero-order chi connectivity index (χ0) is 17.7. The summed E-state index contributed by atoms with van der Waals surface area (Å²) in [5.74, 6) is -0.741. The summed E-state index contributed by atoms with van der Waals surface area (Å²) in [7, 11) is 0. The molecule has 0 heterocycles. The summed E-state index contributed by atoms with van der Waals surface area (Å²) in [6, 6.07) is 0. The van der Waals surface area contributed by atoms with E-state index in [1.54, 1.807) is 0 Å². The summed E-state index contributed by atoms with van der Waals surface area (Å²) in [4.78, 5) is 10.3. The zero-order valence-electron chi connectivity index (χ0n) is 14.9. The number of allylic oxidation sites excluding steroid dienone is 12. The molecule has 0 fully saturated rings. The summed E-state index contributed by atoms with van der Waals surface area (Å²) >= 11 is 0. The van der Waals surface area contributed by atoms with Gasteiger partial charge in [-0.1, -0.05) is 79.8 Å². The Balaban J connectivity index is 3.51. The Kier molecular flexibility index (Phi) is 17.3. The second-order valence-electron chi connectivity index (χ2n) is 5.35. The van der Waals surface area contributed by atoms with E-state index in [-0.39, 0.29) is 6.42 Å². The first-order chi connectivity index (χ1) is 11.8. The third-order valence-electron chi connectivity index (χ3n) is 3.12. The molecule has 0 bridgehead atoms. The Hall–Kier alpha value is -2.09. The Morgan fingerprint density at radius 3 is 1.29 bits per heavy atom. The number of carboxylic acids is 1. The fourth-order valence-electron chi connectivity index (χ4n) is 1.85. The van der Waals surface area contributed by atoms with E-state index in [2.05, 4.69) is 67.7 Å². The number of carboxylic acid groups (broad SMARTS) is 1. The van der Waals surface area contributed by atoms with E-state index >= 15 is 0 Å². The summed E-state index contributed by atoms with van der Waals surface area (Å²) in [5.41, 5.74) is 0. The average molecular weight is 328 g/mol. The molecule has 0 unspecified atom stereocenters. The predicted molar refractivity (Wildman–Crippen MR) is 105 cm³/mol. The van der Waals surface area contributed by atoms with Gasteiger partial charge in [-0.15, -0.1) is 0 Å². The second-order valence-corrected chi connectivity index (χ2v) is 5.35. The van der Waals surface area contributed by atoms with Gasteiger partial charge in [-0.25, -0.2) is 0 Å². The fraction of sp³-hybridized carbons (Fsp3) is 0.409. The Labute approximate surface area is 147 Å². The second kappa shape index (κ2) is 19.0. The molecule has 0 atom stereocenters. The third kappa shape index (κ3) is 19.9. The summed E-state index contributed by atoms with van der Waals surface area (Å²) in [5, 5.41) is 8.49. The standard InChI is InChI=1S/C22H32O2/c1-2-3-4-5-6-7-8-9-10-11-12-13-14-15-16-17-18-19-20-21-22(23)24/h3-4,6-7,9-10,12-13,15-16,18-19H,2,5,8,11,14,17,20-21H2,1H3,(H,23,24)/b4-3?,7-6?,10-9?,13-12?,16-15-,19-18-. The largest absolute Gasteiger partial charge is 0.481 e. The Morgan fingerprint density at radius 2 is 0.958 bits per heavy atom. The van der Waals surface area contributed by atoms with Crippen LogP contribution in [0.15, 0.2) is 72.9 Å². The van der Waals surface area contributed by atoms with Crippen LogP contribution < -0.4 is 0 Å². The molecular weight excluding hydrogens is 296 g/mol. The molecule has 0 rings (SSSR count). The van der Waals surface area contributed by atoms with Gasteiger partial charge in [0.2, 0.25) is 0 Å². The first-order valence-electron chi connectivity index (χ1n) is 8.89. The number of hydrogen-bond donors (Lipinski definition) is 1. The average Bonchev–Trinajstić information content (AvgIpc) is 2.56. The molecular formula is C22H32O2. The molecule has 0 saturated carbocycles. The molecule has 24 heavy (non-hydrogen) atoms. The Bertz CT molecular complexity index is 462. The van der Waals surface area contributed by atoms with Crippen LogP contribution in [0, 0.1) is 0 Å². The summed E-state index contributed by atoms with van der Waals surface area (Å²) in [6.07, 6.45) is 32.5. The number of hydrogen-bond acceptors (Lipinski definition) is 1. The van der Waals surface area contributed by atoms with Crippen LogP contribution in [-0.2, 0) is 4.79 Å². The van der Waals surface area contributed by atoms with Gasteiger partial charge in [-0.2, -0.15) is 0 Å². The molecule has 132 valence electrons. The molecule has 2 heteroatoms. The van der Waals surface area contributed by atoms with E-state index in [0.29, 0.717) is 6.42 Å². The molecule has 0 aliphatic rings. The van der Waals surface area contributed by atoms with Crippen LogP contribution >= 0.6 is 0 Å². The maximum Gasteiger partial charge on any atom is 0.303 e. The van der Waals surface area contributed by atoms with Crippen LogP contribution in [0.4, 0.5) is 0 Å². The monoisotopic (exact) mass is 328 g/mol. The van der Waals surface area contributed by atoms with Gasteiger partial charge in [-0.3, -0.25) is 4.79 Å². The first kappa shape index (κ1) is 21.9. The predicted octanol–water partition coefficient (Wildman–Crippen LogP) is 6.55. The van der Waals surface area contributed by atoms with Crippen LogP contribution in [0.25, 0.3) is 0 Å². The van der Waals surface area contributed by atoms with Crippen molar-refractivity contribution in [3.05, 3.63) is 72.9 Å². The van der Waals surface area contributed by atoms with Crippen molar-refractivity contribution in [2.75, 3.05) is 0 Å². The molecule has 2 nitrogen and oxygen atoms in total. The number of rotatable bonds is 14. The minimum Gasteiger partial charge on any atom is -0.481 e. The molecule has 0 aromatic heterocycles. The van der Waals surface area contributed by atoms with Crippen molar-refractivity contribution >= 4 is 5.97 Å². The fourth-order valence-corrected chi connectivity index (χ4v) is 1.85. The van der Waals surface area contributed by atoms with Gasteiger partial charge >= 0.3 is 5.97 Å². The van der Waals surface area contributed by atoms with E-state index in [1.807, 2.05) is 12.2 Å². The van der Waals surface area contributed by atoms with Gasteiger partial charge in [0.25, 0.3) is 0 Å². The lowest BCUT2D eigenvalue weighted by molar-refractivity contribution is -0.136. The van der Waals surface area contributed by atoms with E-state index in [0.717, 1.165) is 38.5 Å². The van der Waals surface area contributed by atoms with E-state index in [4.69, 9.17) is 5.11 Å². The van der Waals surface area contributed by atoms with Gasteiger partial charge in [-0.05, 0) is 44.9 Å². The van der Waals surface area contributed by atoms with Gasteiger partial charge < -0.3 is 5.11 Å². The molecule has 0 amide bonds. The van der Waals surface area contributed by atoms with E-state index in [9.17, 15) is 4.79 Å². The quantitative estimate of drug-likeness (QED) is 0.367. The van der Waals surface area contributed by atoms with Gasteiger partial charge in [0.15, 0.2) is 0 Å². The van der Waals surface area contributed by atoms with E-state index < -0.39 is 5.97 Å². The molecule has 0 aliphatic carbocycles. The van der Waals surface area contributed by atoms with Crippen molar-refractivity contribution in [1.82, 2.24) is 0 Å². The van der Waals surface area contributed by atoms with Crippen molar-refractivity contribution < 1.29 is 9.90 Å². The third-order valence-corrected chi connectivity index (χ3v) is 3.12. The maximum absolute atomic E-state index is 10.3. The SMILES string of the molecule is CCC=CCC=CCC=CCC=CC/C=C\C/C=C\CCC(=O)O. The van der Waals surface area contributed by atoms with Crippen molar-refractivity contribution in [2.45, 2.75) is 58.3 Å². The lowest BCUT2D eigenvalue weighted by atomic mass is 10.2. The zero-order valence-corrected chi connectivity index (χ0v) is 14.9. The van der Waals surface area contributed by atoms with Crippen LogP contribution in [0.3, 0.4) is 0 Å². The minimum absolute atomic E-state index is 0.210. The van der Waals surface area contributed by atoms with Gasteiger partial charge in [0.1, 0.15) is 0 Å². The highest BCUT2D eigenvalue weighted by Crippen LogP contribution is 1.97. The highest BCUT2D eigenvalue weighted by molar-refractivity contribution is 5.66. The molecule has 0 aromatic carbocycles. The van der Waals surface area contributed by atoms with Gasteiger partial charge in [0, 0.05) is 6.42 Å². The normalized spacial score (nSPS) is 13.0. The highest BCUT2D eigenvalue weighted by Gasteiger charge is 1.90. The van der Waals surface area contributed by atoms with Crippen molar-refractivity contribution in [3.8, 4) is 0 Å². The van der Waals surface area contributed by atoms with Gasteiger partial charge in [0.05, 0.1) is 0 Å². The lowest BCUT2D eigenvalue weighted by Gasteiger charge is -1.87. The topological polar surface area (TPSA) is 37.3 Å². The van der Waals surface area contributed by atoms with Crippen molar-refractivity contribution in [1.29, 1.82) is 0 Å². The molecule has 0 spiro atoms.